The lowest BCUT2D eigenvalue weighted by molar-refractivity contribution is 0.913. The Labute approximate surface area is 102 Å². The Kier molecular flexibility index (Phi) is 2.12. The van der Waals surface area contributed by atoms with Crippen molar-refractivity contribution in [1.82, 2.24) is 24.1 Å². The van der Waals surface area contributed by atoms with Gasteiger partial charge >= 0.3 is 0 Å². The fourth-order valence-corrected chi connectivity index (χ4v) is 1.76. The fraction of sp³-hybridized carbons (Fsp3) is 0.0909. The summed E-state index contributed by atoms with van der Waals surface area (Å²) in [6, 6.07) is 3.70. The molecule has 0 radical (unpaired) electrons. The number of anilines is 1. The molecule has 7 nitrogen and oxygen atoms in total. The highest BCUT2D eigenvalue weighted by atomic mass is 16.1. The van der Waals surface area contributed by atoms with Crippen LogP contribution in [0.4, 0.5) is 5.69 Å². The highest BCUT2D eigenvalue weighted by molar-refractivity contribution is 5.57. The van der Waals surface area contributed by atoms with E-state index in [9.17, 15) is 4.79 Å². The first kappa shape index (κ1) is 10.5. The average molecular weight is 242 g/mol. The van der Waals surface area contributed by atoms with E-state index in [2.05, 4.69) is 15.1 Å². The van der Waals surface area contributed by atoms with E-state index < -0.39 is 5.56 Å². The molecule has 90 valence electrons. The predicted octanol–water partition coefficient (Wildman–Crippen LogP) is 0.0722. The van der Waals surface area contributed by atoms with E-state index in [1.165, 1.54) is 10.7 Å². The zero-order valence-corrected chi connectivity index (χ0v) is 9.61. The molecule has 0 amide bonds. The zero-order valence-electron chi connectivity index (χ0n) is 9.61. The Balaban J connectivity index is 2.33. The summed E-state index contributed by atoms with van der Waals surface area (Å²) in [5.74, 6) is 1.11. The van der Waals surface area contributed by atoms with Crippen molar-refractivity contribution in [3.8, 4) is 11.4 Å². The van der Waals surface area contributed by atoms with Crippen molar-refractivity contribution >= 4 is 11.5 Å². The second-order valence-electron chi connectivity index (χ2n) is 3.87. The van der Waals surface area contributed by atoms with Crippen molar-refractivity contribution in [1.29, 1.82) is 0 Å². The van der Waals surface area contributed by atoms with Crippen LogP contribution in [0.2, 0.25) is 0 Å². The standard InChI is InChI=1S/C11H10N6O/c1-16-9(7-3-2-4-13-5-7)15-17-6-8(12)10(18)14-11(16)17/h2-6H,12H2,1H3. The summed E-state index contributed by atoms with van der Waals surface area (Å²) in [5.41, 5.74) is 5.99. The molecule has 0 spiro atoms. The van der Waals surface area contributed by atoms with Crippen LogP contribution >= 0.6 is 0 Å². The summed E-state index contributed by atoms with van der Waals surface area (Å²) in [4.78, 5) is 19.3. The molecule has 3 aromatic rings. The highest BCUT2D eigenvalue weighted by Crippen LogP contribution is 2.16. The number of hydrogen-bond donors (Lipinski definition) is 1. The maximum absolute atomic E-state index is 11.4. The SMILES string of the molecule is Cn1c(-c2cccnc2)nn2cc(N)c(=O)nc12. The van der Waals surface area contributed by atoms with E-state index in [0.29, 0.717) is 11.6 Å². The first-order chi connectivity index (χ1) is 8.66. The Morgan fingerprint density at radius 2 is 2.22 bits per heavy atom. The summed E-state index contributed by atoms with van der Waals surface area (Å²) in [6.45, 7) is 0. The lowest BCUT2D eigenvalue weighted by atomic mass is 10.3. The summed E-state index contributed by atoms with van der Waals surface area (Å²) < 4.78 is 3.21. The molecule has 0 aliphatic carbocycles. The highest BCUT2D eigenvalue weighted by Gasteiger charge is 2.11. The van der Waals surface area contributed by atoms with E-state index in [0.717, 1.165) is 5.56 Å². The van der Waals surface area contributed by atoms with Gasteiger partial charge in [0.15, 0.2) is 5.82 Å². The number of nitrogen functional groups attached to an aromatic ring is 1. The largest absolute Gasteiger partial charge is 0.393 e. The minimum atomic E-state index is -0.448. The van der Waals surface area contributed by atoms with Gasteiger partial charge in [0.05, 0.1) is 6.20 Å². The summed E-state index contributed by atoms with van der Waals surface area (Å²) in [7, 11) is 1.79. The summed E-state index contributed by atoms with van der Waals surface area (Å²) in [6.07, 6.45) is 4.85. The molecule has 3 rings (SSSR count). The molecule has 0 bridgehead atoms. The number of aromatic nitrogens is 5. The quantitative estimate of drug-likeness (QED) is 0.652. The molecule has 0 aliphatic heterocycles. The number of hydrogen-bond acceptors (Lipinski definition) is 5. The molecule has 0 fully saturated rings. The predicted molar refractivity (Wildman–Crippen MR) is 65.9 cm³/mol. The summed E-state index contributed by atoms with van der Waals surface area (Å²) >= 11 is 0. The topological polar surface area (TPSA) is 91.1 Å². The van der Waals surface area contributed by atoms with Gasteiger partial charge in [-0.1, -0.05) is 0 Å². The second kappa shape index (κ2) is 3.66. The van der Waals surface area contributed by atoms with Crippen molar-refractivity contribution < 1.29 is 0 Å². The maximum atomic E-state index is 11.4. The molecule has 0 aliphatic rings. The number of nitrogens with two attached hydrogens (primary N) is 1. The zero-order chi connectivity index (χ0) is 12.7. The Morgan fingerprint density at radius 1 is 1.39 bits per heavy atom. The average Bonchev–Trinajstić information content (AvgIpc) is 2.69. The second-order valence-corrected chi connectivity index (χ2v) is 3.87. The number of fused-ring (bicyclic) bond motifs is 1. The Morgan fingerprint density at radius 3 is 2.94 bits per heavy atom. The van der Waals surface area contributed by atoms with Gasteiger partial charge < -0.3 is 5.73 Å². The van der Waals surface area contributed by atoms with Crippen molar-refractivity contribution in [2.75, 3.05) is 5.73 Å². The molecule has 2 N–H and O–H groups in total. The van der Waals surface area contributed by atoms with E-state index in [1.807, 2.05) is 12.1 Å². The molecule has 18 heavy (non-hydrogen) atoms. The molecular weight excluding hydrogens is 232 g/mol. The van der Waals surface area contributed by atoms with E-state index in [-0.39, 0.29) is 5.69 Å². The van der Waals surface area contributed by atoms with E-state index in [4.69, 9.17) is 5.73 Å². The lowest BCUT2D eigenvalue weighted by Gasteiger charge is -1.98. The van der Waals surface area contributed by atoms with E-state index in [1.54, 1.807) is 24.0 Å². The Bertz CT molecular complexity index is 773. The van der Waals surface area contributed by atoms with Gasteiger partial charge in [-0.15, -0.1) is 5.10 Å². The number of nitrogens with zero attached hydrogens (tertiary/aromatic N) is 5. The van der Waals surface area contributed by atoms with Crippen LogP contribution in [0, 0.1) is 0 Å². The van der Waals surface area contributed by atoms with Crippen molar-refractivity contribution in [2.24, 2.45) is 7.05 Å². The maximum Gasteiger partial charge on any atom is 0.297 e. The van der Waals surface area contributed by atoms with Crippen LogP contribution in [0.25, 0.3) is 17.2 Å². The number of pyridine rings is 1. The third-order valence-corrected chi connectivity index (χ3v) is 2.65. The van der Waals surface area contributed by atoms with Crippen LogP contribution < -0.4 is 11.3 Å². The third-order valence-electron chi connectivity index (χ3n) is 2.65. The smallest absolute Gasteiger partial charge is 0.297 e. The monoisotopic (exact) mass is 242 g/mol. The molecule has 7 heteroatoms. The molecule has 0 saturated heterocycles. The normalized spacial score (nSPS) is 10.9. The van der Waals surface area contributed by atoms with Crippen LogP contribution in [0.3, 0.4) is 0 Å². The van der Waals surface area contributed by atoms with Crippen LogP contribution in [-0.2, 0) is 7.05 Å². The molecule has 3 aromatic heterocycles. The van der Waals surface area contributed by atoms with Gasteiger partial charge in [0, 0.05) is 25.0 Å². The van der Waals surface area contributed by atoms with E-state index >= 15 is 0 Å². The van der Waals surface area contributed by atoms with Gasteiger partial charge in [0.2, 0.25) is 5.78 Å². The van der Waals surface area contributed by atoms with Crippen LogP contribution in [-0.4, -0.2) is 24.1 Å². The third kappa shape index (κ3) is 1.45. The van der Waals surface area contributed by atoms with Crippen LogP contribution in [0.15, 0.2) is 35.5 Å². The molecule has 0 unspecified atom stereocenters. The number of aryl methyl sites for hydroxylation is 1. The Hall–Kier alpha value is -2.70. The van der Waals surface area contributed by atoms with Gasteiger partial charge in [-0.3, -0.25) is 14.3 Å². The minimum Gasteiger partial charge on any atom is -0.393 e. The van der Waals surface area contributed by atoms with Gasteiger partial charge in [-0.25, -0.2) is 4.52 Å². The van der Waals surface area contributed by atoms with Crippen molar-refractivity contribution in [2.45, 2.75) is 0 Å². The van der Waals surface area contributed by atoms with Gasteiger partial charge in [0.25, 0.3) is 5.56 Å². The first-order valence-electron chi connectivity index (χ1n) is 5.29. The van der Waals surface area contributed by atoms with Crippen LogP contribution in [0.1, 0.15) is 0 Å². The molecule has 0 atom stereocenters. The van der Waals surface area contributed by atoms with Gasteiger partial charge in [-0.2, -0.15) is 4.98 Å². The van der Waals surface area contributed by atoms with Crippen LogP contribution in [0.5, 0.6) is 0 Å². The molecule has 0 aromatic carbocycles. The first-order valence-corrected chi connectivity index (χ1v) is 5.29. The summed E-state index contributed by atoms with van der Waals surface area (Å²) in [5, 5.41) is 4.34. The lowest BCUT2D eigenvalue weighted by Crippen LogP contribution is -2.14. The molecular formula is C11H10N6O. The van der Waals surface area contributed by atoms with Crippen molar-refractivity contribution in [3.63, 3.8) is 0 Å². The van der Waals surface area contributed by atoms with Gasteiger partial charge in [0.1, 0.15) is 5.69 Å². The fourth-order valence-electron chi connectivity index (χ4n) is 1.76. The molecule has 3 heterocycles. The van der Waals surface area contributed by atoms with Gasteiger partial charge in [-0.05, 0) is 12.1 Å². The van der Waals surface area contributed by atoms with Crippen molar-refractivity contribution in [3.05, 3.63) is 41.1 Å². The minimum absolute atomic E-state index is 0.0725. The molecule has 0 saturated carbocycles. The number of rotatable bonds is 1.